The Morgan fingerprint density at radius 3 is 2.67 bits per heavy atom. The lowest BCUT2D eigenvalue weighted by atomic mass is 9.93. The Morgan fingerprint density at radius 1 is 1.56 bits per heavy atom. The van der Waals surface area contributed by atoms with E-state index in [1.807, 2.05) is 6.92 Å². The van der Waals surface area contributed by atoms with E-state index in [0.29, 0.717) is 31.1 Å². The number of aryl methyl sites for hydroxylation is 1. The second-order valence-corrected chi connectivity index (χ2v) is 5.36. The molecule has 0 saturated heterocycles. The molecular weight excluding hydrogens is 230 g/mol. The zero-order chi connectivity index (χ0) is 13.8. The van der Waals surface area contributed by atoms with Gasteiger partial charge in [0.15, 0.2) is 6.39 Å². The van der Waals surface area contributed by atoms with Crippen LogP contribution in [0.25, 0.3) is 0 Å². The smallest absolute Gasteiger partial charge is 0.291 e. The number of hydrogen-bond donors (Lipinski definition) is 1. The minimum absolute atomic E-state index is 0.0985. The number of rotatable bonds is 6. The molecule has 18 heavy (non-hydrogen) atoms. The molecule has 0 fully saturated rings. The molecule has 0 saturated carbocycles. The first-order valence-electron chi connectivity index (χ1n) is 6.30. The minimum Gasteiger partial charge on any atom is -0.438 e. The molecule has 0 bridgehead atoms. The van der Waals surface area contributed by atoms with Crippen molar-refractivity contribution >= 4 is 5.91 Å². The molecular formula is C13H23N3O2. The van der Waals surface area contributed by atoms with Gasteiger partial charge in [0, 0.05) is 13.1 Å². The van der Waals surface area contributed by atoms with Crippen LogP contribution < -0.4 is 5.73 Å². The highest BCUT2D eigenvalue weighted by Gasteiger charge is 2.26. The molecule has 0 atom stereocenters. The fourth-order valence-electron chi connectivity index (χ4n) is 1.75. The Morgan fingerprint density at radius 2 is 2.22 bits per heavy atom. The molecule has 0 spiro atoms. The van der Waals surface area contributed by atoms with E-state index in [9.17, 15) is 4.79 Å². The molecule has 0 aromatic carbocycles. The van der Waals surface area contributed by atoms with Gasteiger partial charge >= 0.3 is 0 Å². The zero-order valence-corrected chi connectivity index (χ0v) is 11.7. The van der Waals surface area contributed by atoms with E-state index in [4.69, 9.17) is 10.2 Å². The van der Waals surface area contributed by atoms with Gasteiger partial charge in [-0.05, 0) is 25.3 Å². The number of nitrogens with two attached hydrogens (primary N) is 1. The van der Waals surface area contributed by atoms with Crippen LogP contribution in [-0.2, 0) is 0 Å². The van der Waals surface area contributed by atoms with Crippen molar-refractivity contribution in [1.29, 1.82) is 0 Å². The molecule has 0 radical (unpaired) electrons. The second-order valence-electron chi connectivity index (χ2n) is 5.36. The SMILES string of the molecule is CCCN(CC(C)(C)CN)C(=O)c1ocnc1C. The highest BCUT2D eigenvalue weighted by molar-refractivity contribution is 5.92. The van der Waals surface area contributed by atoms with E-state index in [-0.39, 0.29) is 11.3 Å². The molecule has 0 aliphatic heterocycles. The van der Waals surface area contributed by atoms with E-state index < -0.39 is 0 Å². The first kappa shape index (κ1) is 14.7. The normalized spacial score (nSPS) is 11.6. The summed E-state index contributed by atoms with van der Waals surface area (Å²) in [5.41, 5.74) is 6.26. The molecule has 5 nitrogen and oxygen atoms in total. The zero-order valence-electron chi connectivity index (χ0n) is 11.7. The molecule has 1 amide bonds. The van der Waals surface area contributed by atoms with E-state index in [1.54, 1.807) is 11.8 Å². The minimum atomic E-state index is -0.103. The number of carbonyl (C=O) groups excluding carboxylic acids is 1. The maximum atomic E-state index is 12.4. The van der Waals surface area contributed by atoms with Crippen LogP contribution in [0.5, 0.6) is 0 Å². The maximum absolute atomic E-state index is 12.4. The summed E-state index contributed by atoms with van der Waals surface area (Å²) in [7, 11) is 0. The number of nitrogens with zero attached hydrogens (tertiary/aromatic N) is 2. The van der Waals surface area contributed by atoms with Crippen LogP contribution in [-0.4, -0.2) is 35.4 Å². The molecule has 102 valence electrons. The highest BCUT2D eigenvalue weighted by Crippen LogP contribution is 2.18. The van der Waals surface area contributed by atoms with E-state index >= 15 is 0 Å². The largest absolute Gasteiger partial charge is 0.438 e. The monoisotopic (exact) mass is 253 g/mol. The van der Waals surface area contributed by atoms with Gasteiger partial charge in [-0.2, -0.15) is 0 Å². The molecule has 2 N–H and O–H groups in total. The van der Waals surface area contributed by atoms with E-state index in [0.717, 1.165) is 6.42 Å². The summed E-state index contributed by atoms with van der Waals surface area (Å²) in [4.78, 5) is 18.1. The van der Waals surface area contributed by atoms with Crippen molar-refractivity contribution < 1.29 is 9.21 Å². The van der Waals surface area contributed by atoms with Crippen LogP contribution >= 0.6 is 0 Å². The van der Waals surface area contributed by atoms with Crippen LogP contribution in [0.15, 0.2) is 10.8 Å². The topological polar surface area (TPSA) is 72.4 Å². The number of carbonyl (C=O) groups is 1. The van der Waals surface area contributed by atoms with Gasteiger partial charge in [-0.15, -0.1) is 0 Å². The van der Waals surface area contributed by atoms with Crippen molar-refractivity contribution in [3.05, 3.63) is 17.8 Å². The van der Waals surface area contributed by atoms with Crippen LogP contribution in [0.3, 0.4) is 0 Å². The van der Waals surface area contributed by atoms with Gasteiger partial charge in [-0.25, -0.2) is 4.98 Å². The maximum Gasteiger partial charge on any atom is 0.291 e. The summed E-state index contributed by atoms with van der Waals surface area (Å²) in [6.07, 6.45) is 2.21. The quantitative estimate of drug-likeness (QED) is 0.839. The summed E-state index contributed by atoms with van der Waals surface area (Å²) in [5.74, 6) is 0.227. The fraction of sp³-hybridized carbons (Fsp3) is 0.692. The first-order chi connectivity index (χ1) is 8.41. The Balaban J connectivity index is 2.85. The number of aromatic nitrogens is 1. The summed E-state index contributed by atoms with van der Waals surface area (Å²) < 4.78 is 5.17. The van der Waals surface area contributed by atoms with Crippen molar-refractivity contribution in [2.45, 2.75) is 34.1 Å². The van der Waals surface area contributed by atoms with Gasteiger partial charge in [0.25, 0.3) is 5.91 Å². The molecule has 0 aliphatic carbocycles. The van der Waals surface area contributed by atoms with Crippen LogP contribution in [0.1, 0.15) is 43.4 Å². The highest BCUT2D eigenvalue weighted by atomic mass is 16.3. The summed E-state index contributed by atoms with van der Waals surface area (Å²) in [6, 6.07) is 0. The number of amides is 1. The van der Waals surface area contributed by atoms with Crippen molar-refractivity contribution in [2.24, 2.45) is 11.1 Å². The lowest BCUT2D eigenvalue weighted by molar-refractivity contribution is 0.0656. The number of hydrogen-bond acceptors (Lipinski definition) is 4. The van der Waals surface area contributed by atoms with Gasteiger partial charge in [0.2, 0.25) is 5.76 Å². The Bertz CT molecular complexity index is 399. The lowest BCUT2D eigenvalue weighted by Gasteiger charge is -2.31. The molecule has 1 aromatic rings. The van der Waals surface area contributed by atoms with Crippen LogP contribution in [0, 0.1) is 12.3 Å². The van der Waals surface area contributed by atoms with Crippen molar-refractivity contribution in [1.82, 2.24) is 9.88 Å². The average Bonchev–Trinajstić information content (AvgIpc) is 2.74. The van der Waals surface area contributed by atoms with Gasteiger partial charge in [-0.3, -0.25) is 4.79 Å². The average molecular weight is 253 g/mol. The number of oxazole rings is 1. The Labute approximate surface area is 108 Å². The molecule has 1 aromatic heterocycles. The third-order valence-electron chi connectivity index (χ3n) is 2.89. The Kier molecular flexibility index (Phi) is 4.90. The third kappa shape index (κ3) is 3.57. The van der Waals surface area contributed by atoms with Gasteiger partial charge in [0.05, 0.1) is 5.69 Å². The van der Waals surface area contributed by atoms with Crippen LogP contribution in [0.2, 0.25) is 0 Å². The first-order valence-corrected chi connectivity index (χ1v) is 6.30. The molecule has 0 aliphatic rings. The van der Waals surface area contributed by atoms with Crippen molar-refractivity contribution in [2.75, 3.05) is 19.6 Å². The summed E-state index contributed by atoms with van der Waals surface area (Å²) in [6.45, 7) is 9.78. The fourth-order valence-corrected chi connectivity index (χ4v) is 1.75. The van der Waals surface area contributed by atoms with Gasteiger partial charge in [0.1, 0.15) is 0 Å². The van der Waals surface area contributed by atoms with E-state index in [1.165, 1.54) is 6.39 Å². The molecule has 5 heteroatoms. The molecule has 1 heterocycles. The molecule has 0 unspecified atom stereocenters. The third-order valence-corrected chi connectivity index (χ3v) is 2.89. The predicted octanol–water partition coefficient (Wildman–Crippen LogP) is 1.82. The van der Waals surface area contributed by atoms with Crippen molar-refractivity contribution in [3.63, 3.8) is 0 Å². The van der Waals surface area contributed by atoms with Gasteiger partial charge < -0.3 is 15.1 Å². The predicted molar refractivity (Wildman–Crippen MR) is 70.3 cm³/mol. The Hall–Kier alpha value is -1.36. The lowest BCUT2D eigenvalue weighted by Crippen LogP contribution is -2.42. The van der Waals surface area contributed by atoms with Crippen molar-refractivity contribution in [3.8, 4) is 0 Å². The van der Waals surface area contributed by atoms with E-state index in [2.05, 4.69) is 18.8 Å². The second kappa shape index (κ2) is 6.00. The van der Waals surface area contributed by atoms with Crippen LogP contribution in [0.4, 0.5) is 0 Å². The molecule has 1 rings (SSSR count). The standard InChI is InChI=1S/C13H23N3O2/c1-5-6-16(8-13(3,4)7-14)12(17)11-10(2)15-9-18-11/h9H,5-8,14H2,1-4H3. The summed E-state index contributed by atoms with van der Waals surface area (Å²) in [5, 5.41) is 0. The van der Waals surface area contributed by atoms with Gasteiger partial charge in [-0.1, -0.05) is 20.8 Å². The summed E-state index contributed by atoms with van der Waals surface area (Å²) >= 11 is 0.